The second-order valence-corrected chi connectivity index (χ2v) is 5.03. The van der Waals surface area contributed by atoms with E-state index in [1.807, 2.05) is 0 Å². The van der Waals surface area contributed by atoms with Crippen molar-refractivity contribution in [3.8, 4) is 0 Å². The fraction of sp³-hybridized carbons (Fsp3) is 1.00. The summed E-state index contributed by atoms with van der Waals surface area (Å²) in [6.45, 7) is 4.63. The van der Waals surface area contributed by atoms with Crippen LogP contribution in [0.4, 0.5) is 0 Å². The van der Waals surface area contributed by atoms with Crippen LogP contribution in [0.5, 0.6) is 0 Å². The predicted molar refractivity (Wildman–Crippen MR) is 46.6 cm³/mol. The zero-order valence-electron chi connectivity index (χ0n) is 7.83. The molecule has 4 atom stereocenters. The summed E-state index contributed by atoms with van der Waals surface area (Å²) in [5.41, 5.74) is 0.324. The van der Waals surface area contributed by atoms with Gasteiger partial charge in [-0.3, -0.25) is 0 Å². The molecule has 0 aliphatic heterocycles. The molecule has 3 fully saturated rings. The van der Waals surface area contributed by atoms with Crippen LogP contribution in [-0.4, -0.2) is 22.9 Å². The quantitative estimate of drug-likeness (QED) is 0.617. The molecule has 2 heteroatoms. The summed E-state index contributed by atoms with van der Waals surface area (Å²) >= 11 is 0. The molecule has 0 aromatic heterocycles. The van der Waals surface area contributed by atoms with Crippen LogP contribution in [0.3, 0.4) is 0 Å². The van der Waals surface area contributed by atoms with Gasteiger partial charge in [0.05, 0.1) is 6.10 Å². The summed E-state index contributed by atoms with van der Waals surface area (Å²) in [4.78, 5) is 0. The molecule has 3 rings (SSSR count). The van der Waals surface area contributed by atoms with Crippen molar-refractivity contribution in [2.45, 2.75) is 32.8 Å². The minimum absolute atomic E-state index is 0.154. The van der Waals surface area contributed by atoms with Gasteiger partial charge in [0.25, 0.3) is 0 Å². The van der Waals surface area contributed by atoms with Gasteiger partial charge in [-0.2, -0.15) is 0 Å². The fourth-order valence-corrected chi connectivity index (χ4v) is 3.05. The van der Waals surface area contributed by atoms with Crippen molar-refractivity contribution in [1.82, 2.24) is 0 Å². The summed E-state index contributed by atoms with van der Waals surface area (Å²) in [5, 5.41) is 18.9. The van der Waals surface area contributed by atoms with Crippen molar-refractivity contribution in [2.75, 3.05) is 6.61 Å². The summed E-state index contributed by atoms with van der Waals surface area (Å²) < 4.78 is 0. The minimum atomic E-state index is -0.255. The lowest BCUT2D eigenvalue weighted by Gasteiger charge is -2.60. The van der Waals surface area contributed by atoms with E-state index in [2.05, 4.69) is 13.8 Å². The van der Waals surface area contributed by atoms with E-state index in [9.17, 15) is 5.11 Å². The number of fused-ring (bicyclic) bond motifs is 2. The van der Waals surface area contributed by atoms with E-state index in [0.29, 0.717) is 11.3 Å². The van der Waals surface area contributed by atoms with Crippen molar-refractivity contribution in [3.63, 3.8) is 0 Å². The standard InChI is InChI=1S/C10H18O2/c1-10(2)7-3-6(5-11)9(12)8(10)4-7/h6-9,11-12H,3-5H2,1-2H3/t6-,7-,8-,9+/m0/s1. The SMILES string of the molecule is CC1(C)[C@H]2C[C@@H](CO)[C@@H](O)[C@@H]1C2. The molecule has 0 saturated heterocycles. The van der Waals surface area contributed by atoms with Gasteiger partial charge in [0.2, 0.25) is 0 Å². The Bertz CT molecular complexity index is 188. The van der Waals surface area contributed by atoms with E-state index in [1.165, 1.54) is 6.42 Å². The average Bonchev–Trinajstić information content (AvgIpc) is 2.03. The topological polar surface area (TPSA) is 40.5 Å². The Labute approximate surface area is 73.6 Å². The van der Waals surface area contributed by atoms with Crippen LogP contribution in [0.25, 0.3) is 0 Å². The molecule has 3 saturated carbocycles. The third-order valence-electron chi connectivity index (χ3n) is 4.26. The number of rotatable bonds is 1. The zero-order valence-corrected chi connectivity index (χ0v) is 7.83. The largest absolute Gasteiger partial charge is 0.396 e. The number of hydrogen-bond donors (Lipinski definition) is 2. The van der Waals surface area contributed by atoms with Gasteiger partial charge in [-0.05, 0) is 30.1 Å². The summed E-state index contributed by atoms with van der Waals surface area (Å²) in [6, 6.07) is 0. The summed E-state index contributed by atoms with van der Waals surface area (Å²) in [7, 11) is 0. The van der Waals surface area contributed by atoms with Crippen LogP contribution >= 0.6 is 0 Å². The van der Waals surface area contributed by atoms with Crippen LogP contribution in [0.1, 0.15) is 26.7 Å². The van der Waals surface area contributed by atoms with Crippen molar-refractivity contribution in [2.24, 2.45) is 23.2 Å². The Balaban J connectivity index is 2.11. The number of aliphatic hydroxyl groups excluding tert-OH is 2. The van der Waals surface area contributed by atoms with E-state index in [0.717, 1.165) is 12.3 Å². The molecular formula is C10H18O2. The molecule has 0 unspecified atom stereocenters. The van der Waals surface area contributed by atoms with Gasteiger partial charge in [0.15, 0.2) is 0 Å². The van der Waals surface area contributed by atoms with Gasteiger partial charge in [-0.15, -0.1) is 0 Å². The zero-order chi connectivity index (χ0) is 8.93. The van der Waals surface area contributed by atoms with Crippen molar-refractivity contribution < 1.29 is 10.2 Å². The lowest BCUT2D eigenvalue weighted by Crippen LogP contribution is -2.58. The van der Waals surface area contributed by atoms with Gasteiger partial charge in [0, 0.05) is 12.5 Å². The molecule has 3 aliphatic carbocycles. The second-order valence-electron chi connectivity index (χ2n) is 5.03. The van der Waals surface area contributed by atoms with Gasteiger partial charge >= 0.3 is 0 Å². The Morgan fingerprint density at radius 1 is 1.33 bits per heavy atom. The Morgan fingerprint density at radius 3 is 2.42 bits per heavy atom. The Hall–Kier alpha value is -0.0800. The average molecular weight is 170 g/mol. The number of aliphatic hydroxyl groups is 2. The van der Waals surface area contributed by atoms with Crippen molar-refractivity contribution in [1.29, 1.82) is 0 Å². The molecule has 2 bridgehead atoms. The van der Waals surface area contributed by atoms with Gasteiger partial charge < -0.3 is 10.2 Å². The van der Waals surface area contributed by atoms with Crippen LogP contribution < -0.4 is 0 Å². The lowest BCUT2D eigenvalue weighted by atomic mass is 9.46. The Kier molecular flexibility index (Phi) is 1.74. The maximum atomic E-state index is 9.85. The molecule has 12 heavy (non-hydrogen) atoms. The van der Waals surface area contributed by atoms with Crippen LogP contribution in [-0.2, 0) is 0 Å². The molecular weight excluding hydrogens is 152 g/mol. The van der Waals surface area contributed by atoms with E-state index in [1.54, 1.807) is 0 Å². The molecule has 0 spiro atoms. The number of hydrogen-bond acceptors (Lipinski definition) is 2. The fourth-order valence-electron chi connectivity index (χ4n) is 3.05. The van der Waals surface area contributed by atoms with Crippen LogP contribution in [0, 0.1) is 23.2 Å². The summed E-state index contributed by atoms with van der Waals surface area (Å²) in [6.07, 6.45) is 1.93. The molecule has 70 valence electrons. The van der Waals surface area contributed by atoms with Gasteiger partial charge in [-0.1, -0.05) is 13.8 Å². The van der Waals surface area contributed by atoms with Crippen molar-refractivity contribution >= 4 is 0 Å². The highest BCUT2D eigenvalue weighted by Gasteiger charge is 2.57. The third-order valence-corrected chi connectivity index (χ3v) is 4.26. The normalized spacial score (nSPS) is 50.0. The first-order valence-electron chi connectivity index (χ1n) is 4.86. The highest BCUT2D eigenvalue weighted by molar-refractivity contribution is 5.06. The molecule has 3 aliphatic rings. The molecule has 0 aromatic carbocycles. The third kappa shape index (κ3) is 0.882. The van der Waals surface area contributed by atoms with Crippen LogP contribution in [0.15, 0.2) is 0 Å². The molecule has 0 heterocycles. The Morgan fingerprint density at radius 2 is 2.00 bits per heavy atom. The van der Waals surface area contributed by atoms with E-state index in [4.69, 9.17) is 5.11 Å². The highest BCUT2D eigenvalue weighted by atomic mass is 16.3. The highest BCUT2D eigenvalue weighted by Crippen LogP contribution is 2.60. The first-order valence-corrected chi connectivity index (χ1v) is 4.86. The lowest BCUT2D eigenvalue weighted by molar-refractivity contribution is -0.176. The van der Waals surface area contributed by atoms with E-state index >= 15 is 0 Å². The second kappa shape index (κ2) is 2.46. The minimum Gasteiger partial charge on any atom is -0.396 e. The van der Waals surface area contributed by atoms with Crippen LogP contribution in [0.2, 0.25) is 0 Å². The first kappa shape index (κ1) is 8.52. The smallest absolute Gasteiger partial charge is 0.0623 e. The van der Waals surface area contributed by atoms with Gasteiger partial charge in [-0.25, -0.2) is 0 Å². The molecule has 2 N–H and O–H groups in total. The summed E-state index contributed by atoms with van der Waals surface area (Å²) in [5.74, 6) is 1.33. The predicted octanol–water partition coefficient (Wildman–Crippen LogP) is 1.02. The molecule has 0 amide bonds. The molecule has 0 aromatic rings. The maximum Gasteiger partial charge on any atom is 0.0623 e. The maximum absolute atomic E-state index is 9.85. The van der Waals surface area contributed by atoms with E-state index in [-0.39, 0.29) is 18.6 Å². The van der Waals surface area contributed by atoms with Crippen molar-refractivity contribution in [3.05, 3.63) is 0 Å². The van der Waals surface area contributed by atoms with Gasteiger partial charge in [0.1, 0.15) is 0 Å². The monoisotopic (exact) mass is 170 g/mol. The molecule has 2 nitrogen and oxygen atoms in total. The first-order chi connectivity index (χ1) is 5.57. The van der Waals surface area contributed by atoms with E-state index < -0.39 is 0 Å². The molecule has 0 radical (unpaired) electrons.